The Bertz CT molecular complexity index is 955. The molecule has 0 bridgehead atoms. The van der Waals surface area contributed by atoms with E-state index in [9.17, 15) is 14.0 Å². The smallest absolute Gasteiger partial charge is 0.293 e. The van der Waals surface area contributed by atoms with E-state index >= 15 is 0 Å². The number of hydrogen-bond donors (Lipinski definition) is 0. The van der Waals surface area contributed by atoms with Crippen LogP contribution in [0.1, 0.15) is 24.0 Å². The van der Waals surface area contributed by atoms with Gasteiger partial charge in [-0.05, 0) is 66.1 Å². The van der Waals surface area contributed by atoms with Crippen LogP contribution in [0.4, 0.5) is 14.9 Å². The Morgan fingerprint density at radius 1 is 1.07 bits per heavy atom. The molecule has 2 aromatic rings. The summed E-state index contributed by atoms with van der Waals surface area (Å²) >= 11 is 6.93. The summed E-state index contributed by atoms with van der Waals surface area (Å²) in [5, 5.41) is -0.161. The van der Waals surface area contributed by atoms with Crippen molar-refractivity contribution >= 4 is 46.3 Å². The quantitative estimate of drug-likeness (QED) is 0.633. The van der Waals surface area contributed by atoms with Crippen molar-refractivity contribution in [1.29, 1.82) is 0 Å². The normalized spacial score (nSPS) is 18.6. The Hall–Kier alpha value is -2.31. The number of imide groups is 1. The Morgan fingerprint density at radius 2 is 1.79 bits per heavy atom. The van der Waals surface area contributed by atoms with Crippen molar-refractivity contribution in [2.45, 2.75) is 19.4 Å². The van der Waals surface area contributed by atoms with Crippen LogP contribution in [-0.4, -0.2) is 29.1 Å². The van der Waals surface area contributed by atoms with Crippen molar-refractivity contribution in [1.82, 2.24) is 4.90 Å². The third kappa shape index (κ3) is 3.93. The summed E-state index contributed by atoms with van der Waals surface area (Å²) < 4.78 is 13.2. The van der Waals surface area contributed by atoms with Gasteiger partial charge >= 0.3 is 0 Å². The second-order valence-corrected chi connectivity index (χ2v) is 8.19. The van der Waals surface area contributed by atoms with Crippen molar-refractivity contribution in [3.63, 3.8) is 0 Å². The zero-order chi connectivity index (χ0) is 19.7. The van der Waals surface area contributed by atoms with E-state index in [0.717, 1.165) is 35.3 Å². The number of carbonyl (C=O) groups is 2. The van der Waals surface area contributed by atoms with Crippen LogP contribution in [0.2, 0.25) is 5.02 Å². The molecule has 0 atom stereocenters. The molecule has 2 aliphatic rings. The van der Waals surface area contributed by atoms with Gasteiger partial charge in [0.2, 0.25) is 0 Å². The van der Waals surface area contributed by atoms with Gasteiger partial charge < -0.3 is 4.90 Å². The summed E-state index contributed by atoms with van der Waals surface area (Å²) in [5.74, 6) is -0.820. The number of anilines is 1. The lowest BCUT2D eigenvalue weighted by Crippen LogP contribution is -2.27. The minimum Gasteiger partial charge on any atom is -0.372 e. The van der Waals surface area contributed by atoms with Crippen LogP contribution < -0.4 is 4.90 Å². The number of thioether (sulfide) groups is 1. The van der Waals surface area contributed by atoms with Gasteiger partial charge in [-0.25, -0.2) is 4.39 Å². The molecule has 0 spiro atoms. The van der Waals surface area contributed by atoms with Gasteiger partial charge in [0, 0.05) is 23.8 Å². The minimum atomic E-state index is -0.458. The molecule has 144 valence electrons. The van der Waals surface area contributed by atoms with Crippen molar-refractivity contribution in [3.8, 4) is 0 Å². The molecule has 0 radical (unpaired) electrons. The van der Waals surface area contributed by atoms with Crippen LogP contribution in [0.15, 0.2) is 47.4 Å². The number of nitrogens with zero attached hydrogens (tertiary/aromatic N) is 2. The molecule has 0 unspecified atom stereocenters. The van der Waals surface area contributed by atoms with Crippen LogP contribution in [0.5, 0.6) is 0 Å². The summed E-state index contributed by atoms with van der Waals surface area (Å²) in [6, 6.07) is 11.9. The van der Waals surface area contributed by atoms with Crippen LogP contribution >= 0.6 is 23.4 Å². The minimum absolute atomic E-state index is 0.0228. The number of carbonyl (C=O) groups excluding carboxylic acids is 2. The van der Waals surface area contributed by atoms with Gasteiger partial charge in [-0.1, -0.05) is 29.8 Å². The van der Waals surface area contributed by atoms with E-state index in [1.54, 1.807) is 6.08 Å². The average molecular weight is 417 g/mol. The lowest BCUT2D eigenvalue weighted by molar-refractivity contribution is -0.123. The highest BCUT2D eigenvalue weighted by Crippen LogP contribution is 2.34. The van der Waals surface area contributed by atoms with Crippen molar-refractivity contribution in [2.75, 3.05) is 18.0 Å². The van der Waals surface area contributed by atoms with Crippen molar-refractivity contribution in [2.24, 2.45) is 0 Å². The summed E-state index contributed by atoms with van der Waals surface area (Å²) in [5.41, 5.74) is 2.57. The molecule has 0 saturated carbocycles. The highest BCUT2D eigenvalue weighted by molar-refractivity contribution is 8.18. The monoisotopic (exact) mass is 416 g/mol. The molecule has 0 N–H and O–H groups in total. The van der Waals surface area contributed by atoms with Crippen LogP contribution in [0, 0.1) is 5.82 Å². The number of amides is 2. The van der Waals surface area contributed by atoms with E-state index in [1.807, 2.05) is 24.3 Å². The molecule has 2 heterocycles. The SMILES string of the molecule is O=C1S/C(=C/c2ccc(N3CCCC3)cc2)C(=O)N1Cc1ccc(F)cc1Cl. The van der Waals surface area contributed by atoms with E-state index in [-0.39, 0.29) is 22.7 Å². The lowest BCUT2D eigenvalue weighted by atomic mass is 10.1. The summed E-state index contributed by atoms with van der Waals surface area (Å²) in [7, 11) is 0. The fourth-order valence-corrected chi connectivity index (χ4v) is 4.43. The predicted molar refractivity (Wildman–Crippen MR) is 111 cm³/mol. The lowest BCUT2D eigenvalue weighted by Gasteiger charge is -2.17. The molecule has 0 aromatic heterocycles. The van der Waals surface area contributed by atoms with Gasteiger partial charge in [0.25, 0.3) is 11.1 Å². The van der Waals surface area contributed by atoms with Gasteiger partial charge in [0.05, 0.1) is 11.4 Å². The highest BCUT2D eigenvalue weighted by Gasteiger charge is 2.35. The van der Waals surface area contributed by atoms with Gasteiger partial charge in [-0.3, -0.25) is 14.5 Å². The third-order valence-corrected chi connectivity index (χ3v) is 6.14. The fourth-order valence-electron chi connectivity index (χ4n) is 3.36. The maximum Gasteiger partial charge on any atom is 0.293 e. The summed E-state index contributed by atoms with van der Waals surface area (Å²) in [6.45, 7) is 2.17. The molecule has 2 saturated heterocycles. The first-order chi connectivity index (χ1) is 13.5. The maximum absolute atomic E-state index is 13.2. The molecule has 2 aromatic carbocycles. The summed E-state index contributed by atoms with van der Waals surface area (Å²) in [4.78, 5) is 28.8. The van der Waals surface area contributed by atoms with Gasteiger partial charge in [-0.15, -0.1) is 0 Å². The fraction of sp³-hybridized carbons (Fsp3) is 0.238. The Balaban J connectivity index is 1.50. The standard InChI is InChI=1S/C21H18ClFN2O2S/c22-18-12-16(23)6-5-15(18)13-25-20(26)19(28-21(25)27)11-14-3-7-17(8-4-14)24-9-1-2-10-24/h3-8,11-12H,1-2,9-10,13H2/b19-11+. The topological polar surface area (TPSA) is 40.6 Å². The Labute approximate surface area is 172 Å². The van der Waals surface area contributed by atoms with E-state index in [4.69, 9.17) is 11.6 Å². The molecule has 7 heteroatoms. The van der Waals surface area contributed by atoms with E-state index in [2.05, 4.69) is 4.90 Å². The first kappa shape index (κ1) is 19.0. The second kappa shape index (κ2) is 7.97. The zero-order valence-electron chi connectivity index (χ0n) is 15.0. The Kier molecular flexibility index (Phi) is 5.42. The van der Waals surface area contributed by atoms with Gasteiger partial charge in [0.15, 0.2) is 0 Å². The van der Waals surface area contributed by atoms with Crippen LogP contribution in [0.25, 0.3) is 6.08 Å². The molecule has 2 aliphatic heterocycles. The largest absolute Gasteiger partial charge is 0.372 e. The molecular weight excluding hydrogens is 399 g/mol. The maximum atomic E-state index is 13.2. The molecule has 2 fully saturated rings. The van der Waals surface area contributed by atoms with E-state index in [1.165, 1.54) is 36.7 Å². The summed E-state index contributed by atoms with van der Waals surface area (Å²) in [6.07, 6.45) is 4.16. The van der Waals surface area contributed by atoms with E-state index in [0.29, 0.717) is 10.5 Å². The predicted octanol–water partition coefficient (Wildman–Crippen LogP) is 5.32. The molecule has 28 heavy (non-hydrogen) atoms. The second-order valence-electron chi connectivity index (χ2n) is 6.79. The number of rotatable bonds is 4. The number of benzene rings is 2. The molecule has 4 nitrogen and oxygen atoms in total. The molecule has 4 rings (SSSR count). The molecule has 0 aliphatic carbocycles. The Morgan fingerprint density at radius 3 is 2.46 bits per heavy atom. The molecular formula is C21H18ClFN2O2S. The first-order valence-electron chi connectivity index (χ1n) is 9.05. The molecule has 2 amide bonds. The van der Waals surface area contributed by atoms with Crippen LogP contribution in [-0.2, 0) is 11.3 Å². The average Bonchev–Trinajstić information content (AvgIpc) is 3.29. The zero-order valence-corrected chi connectivity index (χ0v) is 16.6. The van der Waals surface area contributed by atoms with Gasteiger partial charge in [0.1, 0.15) is 5.82 Å². The third-order valence-electron chi connectivity index (χ3n) is 4.88. The first-order valence-corrected chi connectivity index (χ1v) is 10.2. The van der Waals surface area contributed by atoms with E-state index < -0.39 is 5.82 Å². The van der Waals surface area contributed by atoms with Gasteiger partial charge in [-0.2, -0.15) is 0 Å². The van der Waals surface area contributed by atoms with Crippen molar-refractivity contribution < 1.29 is 14.0 Å². The number of hydrogen-bond acceptors (Lipinski definition) is 4. The van der Waals surface area contributed by atoms with Crippen molar-refractivity contribution in [3.05, 3.63) is 69.3 Å². The number of halogens is 2. The van der Waals surface area contributed by atoms with Crippen LogP contribution in [0.3, 0.4) is 0 Å². The highest BCUT2D eigenvalue weighted by atomic mass is 35.5.